The summed E-state index contributed by atoms with van der Waals surface area (Å²) < 4.78 is 22.4. The third kappa shape index (κ3) is 5.16. The molecule has 0 rings (SSSR count). The average Bonchev–Trinajstić information content (AvgIpc) is 2.16. The van der Waals surface area contributed by atoms with E-state index in [9.17, 15) is 18.0 Å². The fourth-order valence-electron chi connectivity index (χ4n) is 1.37. The molecule has 7 heteroatoms. The first-order valence-electron chi connectivity index (χ1n) is 5.41. The predicted molar refractivity (Wildman–Crippen MR) is 63.4 cm³/mol. The average molecular weight is 265 g/mol. The van der Waals surface area contributed by atoms with Crippen molar-refractivity contribution in [1.82, 2.24) is 5.32 Å². The van der Waals surface area contributed by atoms with Crippen LogP contribution in [0.5, 0.6) is 0 Å². The lowest BCUT2D eigenvalue weighted by Gasteiger charge is -2.25. The first-order valence-corrected chi connectivity index (χ1v) is 7.24. The highest BCUT2D eigenvalue weighted by molar-refractivity contribution is 7.92. The van der Waals surface area contributed by atoms with Crippen LogP contribution in [0.1, 0.15) is 33.6 Å². The third-order valence-corrected chi connectivity index (χ3v) is 4.01. The van der Waals surface area contributed by atoms with Crippen molar-refractivity contribution in [2.75, 3.05) is 11.5 Å². The minimum absolute atomic E-state index is 0.141. The molecule has 0 radical (unpaired) electrons. The van der Waals surface area contributed by atoms with Crippen LogP contribution >= 0.6 is 0 Å². The van der Waals surface area contributed by atoms with Gasteiger partial charge in [-0.1, -0.05) is 20.3 Å². The number of carbonyl (C=O) groups excluding carboxylic acids is 1. The van der Waals surface area contributed by atoms with Gasteiger partial charge in [0.1, 0.15) is 11.3 Å². The number of carboxylic acid groups (broad SMARTS) is 1. The molecule has 17 heavy (non-hydrogen) atoms. The van der Waals surface area contributed by atoms with Crippen molar-refractivity contribution in [3.8, 4) is 0 Å². The van der Waals surface area contributed by atoms with Gasteiger partial charge >= 0.3 is 5.97 Å². The zero-order valence-electron chi connectivity index (χ0n) is 10.3. The van der Waals surface area contributed by atoms with Gasteiger partial charge in [-0.15, -0.1) is 0 Å². The van der Waals surface area contributed by atoms with Gasteiger partial charge in [0.15, 0.2) is 9.84 Å². The van der Waals surface area contributed by atoms with E-state index < -0.39 is 33.0 Å². The van der Waals surface area contributed by atoms with Crippen LogP contribution in [0.25, 0.3) is 0 Å². The van der Waals surface area contributed by atoms with E-state index in [1.807, 2.05) is 0 Å². The molecule has 0 aliphatic carbocycles. The maximum atomic E-state index is 11.5. The molecular formula is C10H19NO5S. The van der Waals surface area contributed by atoms with Crippen molar-refractivity contribution in [1.29, 1.82) is 0 Å². The molecule has 0 fully saturated rings. The summed E-state index contributed by atoms with van der Waals surface area (Å²) in [6.07, 6.45) is 0.823. The first kappa shape index (κ1) is 15.9. The molecule has 0 aromatic rings. The number of hydrogen-bond donors (Lipinski definition) is 2. The van der Waals surface area contributed by atoms with Gasteiger partial charge in [-0.2, -0.15) is 0 Å². The van der Waals surface area contributed by atoms with Crippen LogP contribution in [0.15, 0.2) is 0 Å². The monoisotopic (exact) mass is 265 g/mol. The van der Waals surface area contributed by atoms with Gasteiger partial charge in [-0.3, -0.25) is 4.79 Å². The molecule has 0 saturated carbocycles. The molecule has 0 spiro atoms. The highest BCUT2D eigenvalue weighted by atomic mass is 32.2. The Morgan fingerprint density at radius 3 is 2.18 bits per heavy atom. The normalized spacial score (nSPS) is 15.0. The summed E-state index contributed by atoms with van der Waals surface area (Å²) in [5.74, 6) is -2.75. The van der Waals surface area contributed by atoms with Gasteiger partial charge in [0, 0.05) is 5.75 Å². The van der Waals surface area contributed by atoms with Gasteiger partial charge < -0.3 is 10.4 Å². The zero-order valence-corrected chi connectivity index (χ0v) is 11.1. The second kappa shape index (κ2) is 6.00. The third-order valence-electron chi connectivity index (χ3n) is 2.43. The van der Waals surface area contributed by atoms with Crippen molar-refractivity contribution >= 4 is 21.7 Å². The van der Waals surface area contributed by atoms with Gasteiger partial charge in [-0.05, 0) is 13.3 Å². The fraction of sp³-hybridized carbons (Fsp3) is 0.800. The molecule has 1 atom stereocenters. The zero-order chi connectivity index (χ0) is 13.7. The van der Waals surface area contributed by atoms with Crippen molar-refractivity contribution < 1.29 is 23.1 Å². The number of amides is 1. The Labute approximate surface area is 101 Å². The molecule has 0 aliphatic rings. The number of aliphatic carboxylic acids is 1. The summed E-state index contributed by atoms with van der Waals surface area (Å²) in [7, 11) is -3.44. The maximum absolute atomic E-state index is 11.5. The second-order valence-electron chi connectivity index (χ2n) is 4.11. The topological polar surface area (TPSA) is 101 Å². The molecule has 0 bridgehead atoms. The summed E-state index contributed by atoms with van der Waals surface area (Å²) in [4.78, 5) is 22.5. The molecule has 0 saturated heterocycles. The smallest absolute Gasteiger partial charge is 0.329 e. The van der Waals surface area contributed by atoms with Crippen LogP contribution in [-0.2, 0) is 19.4 Å². The van der Waals surface area contributed by atoms with Crippen molar-refractivity contribution in [2.24, 2.45) is 0 Å². The van der Waals surface area contributed by atoms with E-state index in [0.29, 0.717) is 6.42 Å². The summed E-state index contributed by atoms with van der Waals surface area (Å²) in [5.41, 5.74) is -1.41. The Kier molecular flexibility index (Phi) is 5.60. The summed E-state index contributed by atoms with van der Waals surface area (Å²) in [5, 5.41) is 11.3. The molecule has 6 nitrogen and oxygen atoms in total. The van der Waals surface area contributed by atoms with Crippen LogP contribution in [0.2, 0.25) is 0 Å². The maximum Gasteiger partial charge on any atom is 0.329 e. The van der Waals surface area contributed by atoms with Gasteiger partial charge in [0.05, 0.1) is 0 Å². The van der Waals surface area contributed by atoms with E-state index in [4.69, 9.17) is 5.11 Å². The van der Waals surface area contributed by atoms with Gasteiger partial charge in [0.25, 0.3) is 0 Å². The number of carbonyl (C=O) groups is 2. The number of carboxylic acids is 1. The van der Waals surface area contributed by atoms with Crippen molar-refractivity contribution in [3.05, 3.63) is 0 Å². The van der Waals surface area contributed by atoms with E-state index >= 15 is 0 Å². The quantitative estimate of drug-likeness (QED) is 0.684. The van der Waals surface area contributed by atoms with Crippen LogP contribution < -0.4 is 5.32 Å². The van der Waals surface area contributed by atoms with Crippen LogP contribution in [0.3, 0.4) is 0 Å². The van der Waals surface area contributed by atoms with E-state index in [0.717, 1.165) is 0 Å². The molecule has 0 aromatic heterocycles. The Bertz CT molecular complexity index is 390. The lowest BCUT2D eigenvalue weighted by atomic mass is 9.96. The predicted octanol–water partition coefficient (Wildman–Crippen LogP) is 0.181. The molecule has 2 N–H and O–H groups in total. The first-order chi connectivity index (χ1) is 7.67. The standard InChI is InChI=1S/C10H19NO5S/c1-4-6-10(3,9(13)14)11-8(12)7-17(15,16)5-2/h4-7H2,1-3H3,(H,11,12)(H,13,14). The summed E-state index contributed by atoms with van der Waals surface area (Å²) in [6, 6.07) is 0. The molecule has 1 amide bonds. The number of nitrogens with one attached hydrogen (secondary N) is 1. The molecule has 0 aromatic carbocycles. The lowest BCUT2D eigenvalue weighted by molar-refractivity contribution is -0.146. The number of hydrogen-bond acceptors (Lipinski definition) is 4. The largest absolute Gasteiger partial charge is 0.480 e. The molecule has 0 aliphatic heterocycles. The second-order valence-corrected chi connectivity index (χ2v) is 6.47. The number of sulfone groups is 1. The van der Waals surface area contributed by atoms with E-state index in [-0.39, 0.29) is 12.2 Å². The molecule has 0 heterocycles. The van der Waals surface area contributed by atoms with E-state index in [1.54, 1.807) is 6.92 Å². The molecule has 1 unspecified atom stereocenters. The Morgan fingerprint density at radius 2 is 1.82 bits per heavy atom. The highest BCUT2D eigenvalue weighted by Crippen LogP contribution is 2.12. The summed E-state index contributed by atoms with van der Waals surface area (Å²) in [6.45, 7) is 4.59. The minimum Gasteiger partial charge on any atom is -0.480 e. The number of rotatable bonds is 7. The van der Waals surface area contributed by atoms with Crippen molar-refractivity contribution in [3.63, 3.8) is 0 Å². The lowest BCUT2D eigenvalue weighted by Crippen LogP contribution is -2.53. The Hall–Kier alpha value is -1.11. The molecular weight excluding hydrogens is 246 g/mol. The minimum atomic E-state index is -3.44. The van der Waals surface area contributed by atoms with Crippen LogP contribution in [0.4, 0.5) is 0 Å². The van der Waals surface area contributed by atoms with Crippen LogP contribution in [-0.4, -0.2) is 42.4 Å². The summed E-state index contributed by atoms with van der Waals surface area (Å²) >= 11 is 0. The van der Waals surface area contributed by atoms with E-state index in [1.165, 1.54) is 13.8 Å². The van der Waals surface area contributed by atoms with Gasteiger partial charge in [-0.25, -0.2) is 13.2 Å². The molecule has 100 valence electrons. The van der Waals surface area contributed by atoms with E-state index in [2.05, 4.69) is 5.32 Å². The Balaban J connectivity index is 4.70. The van der Waals surface area contributed by atoms with Gasteiger partial charge in [0.2, 0.25) is 5.91 Å². The highest BCUT2D eigenvalue weighted by Gasteiger charge is 2.34. The van der Waals surface area contributed by atoms with Crippen molar-refractivity contribution in [2.45, 2.75) is 39.2 Å². The Morgan fingerprint density at radius 1 is 1.29 bits per heavy atom. The SMILES string of the molecule is CCCC(C)(NC(=O)CS(=O)(=O)CC)C(=O)O. The van der Waals surface area contributed by atoms with Crippen LogP contribution in [0, 0.1) is 0 Å². The fourth-order valence-corrected chi connectivity index (χ4v) is 2.04.